The zero-order valence-corrected chi connectivity index (χ0v) is 7.19. The molecule has 1 aliphatic rings. The second-order valence-corrected chi connectivity index (χ2v) is 2.94. The lowest BCUT2D eigenvalue weighted by atomic mass is 10.1. The minimum absolute atomic E-state index is 0.159. The van der Waals surface area contributed by atoms with Gasteiger partial charge in [0.05, 0.1) is 0 Å². The maximum atomic E-state index is 12.7. The van der Waals surface area contributed by atoms with Crippen LogP contribution in [0.2, 0.25) is 0 Å². The first-order chi connectivity index (χ1) is 6.24. The quantitative estimate of drug-likeness (QED) is 0.363. The summed E-state index contributed by atoms with van der Waals surface area (Å²) < 4.78 is 12.7. The minimum atomic E-state index is -0.788. The smallest absolute Gasteiger partial charge is 0.228 e. The van der Waals surface area contributed by atoms with Crippen LogP contribution in [0.3, 0.4) is 0 Å². The molecule has 0 atom stereocenters. The molecule has 72 valence electrons. The van der Waals surface area contributed by atoms with Crippen molar-refractivity contribution in [2.45, 2.75) is 19.0 Å². The van der Waals surface area contributed by atoms with Crippen LogP contribution in [-0.4, -0.2) is 36.6 Å². The Kier molecular flexibility index (Phi) is 3.52. The molecule has 0 radical (unpaired) electrons. The van der Waals surface area contributed by atoms with Gasteiger partial charge in [0.25, 0.3) is 0 Å². The molecule has 0 aromatic carbocycles. The van der Waals surface area contributed by atoms with Crippen LogP contribution in [0.25, 0.3) is 10.4 Å². The van der Waals surface area contributed by atoms with E-state index < -0.39 is 6.17 Å². The number of carbonyl (C=O) groups is 1. The summed E-state index contributed by atoms with van der Waals surface area (Å²) in [6.07, 6.45) is -0.00665. The molecule has 0 saturated carbocycles. The fourth-order valence-electron chi connectivity index (χ4n) is 1.29. The largest absolute Gasteiger partial charge is 0.342 e. The van der Waals surface area contributed by atoms with Crippen LogP contribution in [0.5, 0.6) is 0 Å². The lowest BCUT2D eigenvalue weighted by Crippen LogP contribution is -2.40. The Balaban J connectivity index is 2.35. The van der Waals surface area contributed by atoms with Gasteiger partial charge in [0, 0.05) is 18.0 Å². The van der Waals surface area contributed by atoms with E-state index in [9.17, 15) is 9.18 Å². The van der Waals surface area contributed by atoms with E-state index in [1.54, 1.807) is 0 Å². The van der Waals surface area contributed by atoms with Gasteiger partial charge >= 0.3 is 0 Å². The van der Waals surface area contributed by atoms with Gasteiger partial charge in [0.15, 0.2) is 0 Å². The number of hydrogen-bond donors (Lipinski definition) is 0. The molecule has 0 aromatic heterocycles. The number of likely N-dealkylation sites (tertiary alicyclic amines) is 1. The van der Waals surface area contributed by atoms with Gasteiger partial charge in [-0.3, -0.25) is 4.79 Å². The Labute approximate surface area is 75.1 Å². The van der Waals surface area contributed by atoms with Crippen LogP contribution in [0.4, 0.5) is 4.39 Å². The number of piperidine rings is 1. The first-order valence-electron chi connectivity index (χ1n) is 4.16. The van der Waals surface area contributed by atoms with Crippen molar-refractivity contribution >= 4 is 5.91 Å². The van der Waals surface area contributed by atoms with Crippen molar-refractivity contribution in [1.82, 2.24) is 4.90 Å². The standard InChI is InChI=1S/C7H11FN4O/c8-6-1-3-12(4-2-6)7(13)5-10-11-9/h6H,1-5H2. The van der Waals surface area contributed by atoms with Gasteiger partial charge in [-0.25, -0.2) is 4.39 Å². The second-order valence-electron chi connectivity index (χ2n) is 2.94. The molecule has 0 unspecified atom stereocenters. The number of hydrogen-bond acceptors (Lipinski definition) is 2. The topological polar surface area (TPSA) is 69.1 Å². The minimum Gasteiger partial charge on any atom is -0.342 e. The Morgan fingerprint density at radius 2 is 2.23 bits per heavy atom. The van der Waals surface area contributed by atoms with E-state index in [0.717, 1.165) is 0 Å². The predicted octanol–water partition coefficient (Wildman–Crippen LogP) is 1.26. The van der Waals surface area contributed by atoms with Crippen molar-refractivity contribution in [3.8, 4) is 0 Å². The number of amides is 1. The highest BCUT2D eigenvalue weighted by Gasteiger charge is 2.21. The molecular weight excluding hydrogens is 175 g/mol. The third-order valence-corrected chi connectivity index (χ3v) is 2.05. The highest BCUT2D eigenvalue weighted by Crippen LogP contribution is 2.13. The zero-order valence-electron chi connectivity index (χ0n) is 7.19. The lowest BCUT2D eigenvalue weighted by Gasteiger charge is -2.28. The SMILES string of the molecule is [N-]=[N+]=NCC(=O)N1CCC(F)CC1. The number of alkyl halides is 1. The Hall–Kier alpha value is -1.29. The number of nitrogens with zero attached hydrogens (tertiary/aromatic N) is 4. The Morgan fingerprint density at radius 1 is 1.62 bits per heavy atom. The zero-order chi connectivity index (χ0) is 9.68. The van der Waals surface area contributed by atoms with E-state index in [-0.39, 0.29) is 12.5 Å². The van der Waals surface area contributed by atoms with Gasteiger partial charge in [-0.2, -0.15) is 0 Å². The molecular formula is C7H11FN4O. The summed E-state index contributed by atoms with van der Waals surface area (Å²) in [6.45, 7) is 0.704. The monoisotopic (exact) mass is 186 g/mol. The number of rotatable bonds is 2. The molecule has 1 saturated heterocycles. The molecule has 0 bridgehead atoms. The first kappa shape index (κ1) is 9.80. The van der Waals surface area contributed by atoms with Crippen molar-refractivity contribution in [1.29, 1.82) is 0 Å². The summed E-state index contributed by atoms with van der Waals surface area (Å²) >= 11 is 0. The van der Waals surface area contributed by atoms with Crippen molar-refractivity contribution in [3.63, 3.8) is 0 Å². The number of azide groups is 1. The normalized spacial score (nSPS) is 18.1. The molecule has 0 aromatic rings. The van der Waals surface area contributed by atoms with Gasteiger partial charge in [-0.1, -0.05) is 5.11 Å². The fraction of sp³-hybridized carbons (Fsp3) is 0.857. The second kappa shape index (κ2) is 4.67. The average Bonchev–Trinajstić information content (AvgIpc) is 2.15. The highest BCUT2D eigenvalue weighted by atomic mass is 19.1. The molecule has 6 heteroatoms. The fourth-order valence-corrected chi connectivity index (χ4v) is 1.29. The van der Waals surface area contributed by atoms with Crippen molar-refractivity contribution in [3.05, 3.63) is 10.4 Å². The van der Waals surface area contributed by atoms with E-state index in [4.69, 9.17) is 5.53 Å². The van der Waals surface area contributed by atoms with Crippen LogP contribution in [-0.2, 0) is 4.79 Å². The van der Waals surface area contributed by atoms with E-state index in [2.05, 4.69) is 10.0 Å². The van der Waals surface area contributed by atoms with Crippen LogP contribution in [0.15, 0.2) is 5.11 Å². The average molecular weight is 186 g/mol. The molecule has 1 heterocycles. The van der Waals surface area contributed by atoms with E-state index in [1.165, 1.54) is 4.90 Å². The Morgan fingerprint density at radius 3 is 2.77 bits per heavy atom. The van der Waals surface area contributed by atoms with Gasteiger partial charge in [0.2, 0.25) is 5.91 Å². The van der Waals surface area contributed by atoms with E-state index >= 15 is 0 Å². The molecule has 1 aliphatic heterocycles. The molecule has 0 aliphatic carbocycles. The summed E-state index contributed by atoms with van der Waals surface area (Å²) in [6, 6.07) is 0. The van der Waals surface area contributed by atoms with Gasteiger partial charge < -0.3 is 4.90 Å². The summed E-state index contributed by atoms with van der Waals surface area (Å²) in [4.78, 5) is 15.2. The molecule has 0 spiro atoms. The van der Waals surface area contributed by atoms with Gasteiger partial charge in [-0.05, 0) is 18.4 Å². The van der Waals surface area contributed by atoms with E-state index in [0.29, 0.717) is 25.9 Å². The van der Waals surface area contributed by atoms with Crippen molar-refractivity contribution in [2.24, 2.45) is 5.11 Å². The molecule has 0 N–H and O–H groups in total. The number of halogens is 1. The van der Waals surface area contributed by atoms with Crippen molar-refractivity contribution in [2.75, 3.05) is 19.6 Å². The highest BCUT2D eigenvalue weighted by molar-refractivity contribution is 5.78. The van der Waals surface area contributed by atoms with Crippen molar-refractivity contribution < 1.29 is 9.18 Å². The molecule has 1 rings (SSSR count). The van der Waals surface area contributed by atoms with Gasteiger partial charge in [0.1, 0.15) is 12.7 Å². The predicted molar refractivity (Wildman–Crippen MR) is 44.7 cm³/mol. The molecule has 1 amide bonds. The molecule has 1 fully saturated rings. The lowest BCUT2D eigenvalue weighted by molar-refractivity contribution is -0.131. The third kappa shape index (κ3) is 2.91. The van der Waals surface area contributed by atoms with Crippen LogP contribution < -0.4 is 0 Å². The first-order valence-corrected chi connectivity index (χ1v) is 4.16. The summed E-state index contributed by atoms with van der Waals surface area (Å²) in [5.74, 6) is -0.218. The number of carbonyl (C=O) groups excluding carboxylic acids is 1. The Bertz CT molecular complexity index is 231. The summed E-state index contributed by atoms with van der Waals surface area (Å²) in [5.41, 5.74) is 7.98. The maximum absolute atomic E-state index is 12.7. The maximum Gasteiger partial charge on any atom is 0.228 e. The van der Waals surface area contributed by atoms with E-state index in [1.807, 2.05) is 0 Å². The molecule has 5 nitrogen and oxygen atoms in total. The summed E-state index contributed by atoms with van der Waals surface area (Å²) in [7, 11) is 0. The summed E-state index contributed by atoms with van der Waals surface area (Å²) in [5, 5.41) is 3.16. The van der Waals surface area contributed by atoms with Crippen LogP contribution in [0, 0.1) is 0 Å². The van der Waals surface area contributed by atoms with Gasteiger partial charge in [-0.15, -0.1) is 0 Å². The van der Waals surface area contributed by atoms with Crippen LogP contribution >= 0.6 is 0 Å². The molecule has 13 heavy (non-hydrogen) atoms. The third-order valence-electron chi connectivity index (χ3n) is 2.05. The van der Waals surface area contributed by atoms with Crippen LogP contribution in [0.1, 0.15) is 12.8 Å².